The van der Waals surface area contributed by atoms with E-state index in [1.165, 1.54) is 17.4 Å². The first-order valence-electron chi connectivity index (χ1n) is 9.95. The van der Waals surface area contributed by atoms with Crippen molar-refractivity contribution in [3.8, 4) is 11.4 Å². The summed E-state index contributed by atoms with van der Waals surface area (Å²) in [5.74, 6) is 0.820. The van der Waals surface area contributed by atoms with E-state index < -0.39 is 0 Å². The summed E-state index contributed by atoms with van der Waals surface area (Å²) >= 11 is 1.43. The maximum Gasteiger partial charge on any atom is 0.233 e. The summed E-state index contributed by atoms with van der Waals surface area (Å²) in [7, 11) is 1.94. The predicted octanol–water partition coefficient (Wildman–Crippen LogP) is 4.11. The molecule has 0 bridgehead atoms. The Balaban J connectivity index is 2.12. The minimum Gasteiger partial charge on any atom is -0.372 e. The van der Waals surface area contributed by atoms with Gasteiger partial charge in [0.05, 0.1) is 5.25 Å². The number of anilines is 1. The Morgan fingerprint density at radius 3 is 2.32 bits per heavy atom. The zero-order chi connectivity index (χ0) is 20.9. The molecule has 0 aliphatic carbocycles. The highest BCUT2D eigenvalue weighted by molar-refractivity contribution is 8.00. The van der Waals surface area contributed by atoms with Crippen LogP contribution in [-0.2, 0) is 11.8 Å². The van der Waals surface area contributed by atoms with Crippen LogP contribution in [0.4, 0.5) is 5.69 Å². The molecule has 1 atom stereocenters. The van der Waals surface area contributed by atoms with Gasteiger partial charge in [-0.3, -0.25) is 4.79 Å². The summed E-state index contributed by atoms with van der Waals surface area (Å²) in [6, 6.07) is 8.39. The Labute approximate surface area is 173 Å². The van der Waals surface area contributed by atoms with Crippen LogP contribution in [0.15, 0.2) is 29.4 Å². The lowest BCUT2D eigenvalue weighted by Crippen LogP contribution is -2.46. The van der Waals surface area contributed by atoms with E-state index in [0.717, 1.165) is 36.1 Å². The van der Waals surface area contributed by atoms with Crippen LogP contribution in [0.25, 0.3) is 11.4 Å². The van der Waals surface area contributed by atoms with E-state index in [1.54, 1.807) is 0 Å². The first-order chi connectivity index (χ1) is 13.2. The van der Waals surface area contributed by atoms with Gasteiger partial charge in [-0.05, 0) is 65.3 Å². The molecule has 1 amide bonds. The molecule has 0 fully saturated rings. The van der Waals surface area contributed by atoms with Crippen LogP contribution in [-0.4, -0.2) is 44.6 Å². The summed E-state index contributed by atoms with van der Waals surface area (Å²) in [6.45, 7) is 14.3. The van der Waals surface area contributed by atoms with Gasteiger partial charge in [0.1, 0.15) is 0 Å². The Hall–Kier alpha value is -2.02. The largest absolute Gasteiger partial charge is 0.372 e. The molecule has 0 saturated heterocycles. The van der Waals surface area contributed by atoms with Crippen molar-refractivity contribution >= 4 is 23.4 Å². The van der Waals surface area contributed by atoms with Gasteiger partial charge in [0.2, 0.25) is 5.91 Å². The molecule has 0 radical (unpaired) electrons. The molecule has 7 heteroatoms. The van der Waals surface area contributed by atoms with Crippen LogP contribution in [0, 0.1) is 0 Å². The van der Waals surface area contributed by atoms with E-state index in [9.17, 15) is 4.79 Å². The number of hydrogen-bond acceptors (Lipinski definition) is 5. The molecule has 0 aliphatic rings. The summed E-state index contributed by atoms with van der Waals surface area (Å²) < 4.78 is 1.95. The van der Waals surface area contributed by atoms with Gasteiger partial charge in [-0.15, -0.1) is 10.2 Å². The monoisotopic (exact) mass is 403 g/mol. The zero-order valence-corrected chi connectivity index (χ0v) is 18.9. The number of nitrogens with one attached hydrogen (secondary N) is 1. The van der Waals surface area contributed by atoms with Crippen molar-refractivity contribution in [2.24, 2.45) is 7.05 Å². The number of amides is 1. The van der Waals surface area contributed by atoms with Gasteiger partial charge in [0.15, 0.2) is 11.0 Å². The number of benzene rings is 1. The molecule has 1 aromatic carbocycles. The number of carbonyl (C=O) groups is 1. The highest BCUT2D eigenvalue weighted by Gasteiger charge is 2.24. The lowest BCUT2D eigenvalue weighted by Gasteiger charge is -2.26. The molecule has 1 aromatic heterocycles. The van der Waals surface area contributed by atoms with E-state index >= 15 is 0 Å². The topological polar surface area (TPSA) is 63.1 Å². The zero-order valence-electron chi connectivity index (χ0n) is 18.1. The number of nitrogens with zero attached hydrogens (tertiary/aromatic N) is 4. The average molecular weight is 404 g/mol. The van der Waals surface area contributed by atoms with E-state index in [4.69, 9.17) is 0 Å². The molecular formula is C21H33N5OS. The van der Waals surface area contributed by atoms with Crippen molar-refractivity contribution in [2.75, 3.05) is 18.0 Å². The molecule has 2 rings (SSSR count). The second kappa shape index (κ2) is 9.45. The third-order valence-corrected chi connectivity index (χ3v) is 6.22. The van der Waals surface area contributed by atoms with Crippen LogP contribution in [0.5, 0.6) is 0 Å². The first kappa shape index (κ1) is 22.3. The van der Waals surface area contributed by atoms with Crippen LogP contribution in [0.2, 0.25) is 0 Å². The van der Waals surface area contributed by atoms with Gasteiger partial charge in [0, 0.05) is 36.9 Å². The number of aromatic nitrogens is 3. The fourth-order valence-corrected chi connectivity index (χ4v) is 3.63. The van der Waals surface area contributed by atoms with Gasteiger partial charge in [0.25, 0.3) is 0 Å². The molecule has 154 valence electrons. The second-order valence-electron chi connectivity index (χ2n) is 7.57. The van der Waals surface area contributed by atoms with Crippen molar-refractivity contribution in [2.45, 2.75) is 63.9 Å². The van der Waals surface area contributed by atoms with Gasteiger partial charge >= 0.3 is 0 Å². The van der Waals surface area contributed by atoms with E-state index in [1.807, 2.05) is 32.4 Å². The second-order valence-corrected chi connectivity index (χ2v) is 8.88. The first-order valence-corrected chi connectivity index (χ1v) is 10.8. The summed E-state index contributed by atoms with van der Waals surface area (Å²) in [5.41, 5.74) is 2.01. The van der Waals surface area contributed by atoms with Crippen molar-refractivity contribution in [1.82, 2.24) is 20.1 Å². The predicted molar refractivity (Wildman–Crippen MR) is 118 cm³/mol. The van der Waals surface area contributed by atoms with Crippen molar-refractivity contribution in [1.29, 1.82) is 0 Å². The molecule has 1 unspecified atom stereocenters. The third-order valence-electron chi connectivity index (χ3n) is 5.09. The van der Waals surface area contributed by atoms with Crippen LogP contribution < -0.4 is 10.2 Å². The Bertz CT molecular complexity index is 781. The quantitative estimate of drug-likeness (QED) is 0.638. The smallest absolute Gasteiger partial charge is 0.233 e. The SMILES string of the molecule is CCN(CC)c1ccc(-c2nnc(SC(C)C(=O)NC(C)(C)CC)n2C)cc1. The van der Waals surface area contributed by atoms with Crippen molar-refractivity contribution in [3.05, 3.63) is 24.3 Å². The average Bonchev–Trinajstić information content (AvgIpc) is 3.03. The maximum absolute atomic E-state index is 12.5. The highest BCUT2D eigenvalue weighted by atomic mass is 32.2. The fraction of sp³-hybridized carbons (Fsp3) is 0.571. The highest BCUT2D eigenvalue weighted by Crippen LogP contribution is 2.27. The van der Waals surface area contributed by atoms with Gasteiger partial charge in [-0.25, -0.2) is 0 Å². The standard InChI is InChI=1S/C21H33N5OS/c1-8-21(5,6)22-19(27)15(4)28-20-24-23-18(25(20)7)16-11-13-17(14-12-16)26(9-2)10-3/h11-15H,8-10H2,1-7H3,(H,22,27). The molecular weight excluding hydrogens is 370 g/mol. The van der Waals surface area contributed by atoms with E-state index in [2.05, 4.69) is 65.5 Å². The minimum atomic E-state index is -0.244. The number of thioether (sulfide) groups is 1. The Morgan fingerprint density at radius 2 is 1.79 bits per heavy atom. The third kappa shape index (κ3) is 5.28. The molecule has 2 aromatic rings. The summed E-state index contributed by atoms with van der Waals surface area (Å²) in [6.07, 6.45) is 0.883. The van der Waals surface area contributed by atoms with Crippen LogP contribution >= 0.6 is 11.8 Å². The summed E-state index contributed by atoms with van der Waals surface area (Å²) in [4.78, 5) is 14.8. The Kier molecular flexibility index (Phi) is 7.52. The number of rotatable bonds is 9. The molecule has 1 heterocycles. The van der Waals surface area contributed by atoms with Crippen LogP contribution in [0.1, 0.15) is 48.0 Å². The molecule has 6 nitrogen and oxygen atoms in total. The van der Waals surface area contributed by atoms with Gasteiger partial charge in [-0.1, -0.05) is 18.7 Å². The molecule has 0 spiro atoms. The molecule has 28 heavy (non-hydrogen) atoms. The van der Waals surface area contributed by atoms with Crippen molar-refractivity contribution in [3.63, 3.8) is 0 Å². The van der Waals surface area contributed by atoms with E-state index in [-0.39, 0.29) is 16.7 Å². The maximum atomic E-state index is 12.5. The molecule has 0 aliphatic heterocycles. The lowest BCUT2D eigenvalue weighted by molar-refractivity contribution is -0.121. The fourth-order valence-electron chi connectivity index (χ4n) is 2.81. The van der Waals surface area contributed by atoms with Gasteiger partial charge < -0.3 is 14.8 Å². The lowest BCUT2D eigenvalue weighted by atomic mass is 10.0. The van der Waals surface area contributed by atoms with Crippen molar-refractivity contribution < 1.29 is 4.79 Å². The minimum absolute atomic E-state index is 0.0185. The molecule has 0 saturated carbocycles. The number of hydrogen-bond donors (Lipinski definition) is 1. The number of carbonyl (C=O) groups excluding carboxylic acids is 1. The normalized spacial score (nSPS) is 12.7. The van der Waals surface area contributed by atoms with Crippen LogP contribution in [0.3, 0.4) is 0 Å². The Morgan fingerprint density at radius 1 is 1.18 bits per heavy atom. The van der Waals surface area contributed by atoms with E-state index in [0.29, 0.717) is 0 Å². The van der Waals surface area contributed by atoms with Gasteiger partial charge in [-0.2, -0.15) is 0 Å². The summed E-state index contributed by atoms with van der Waals surface area (Å²) in [5, 5.41) is 12.2. The molecule has 1 N–H and O–H groups in total.